The van der Waals surface area contributed by atoms with Gasteiger partial charge in [-0.25, -0.2) is 4.79 Å². The maximum Gasteiger partial charge on any atom is 0.341 e. The second kappa shape index (κ2) is 9.52. The molecule has 4 nitrogen and oxygen atoms in total. The first-order valence-electron chi connectivity index (χ1n) is 9.93. The van der Waals surface area contributed by atoms with Gasteiger partial charge in [-0.2, -0.15) is 0 Å². The normalized spacial score (nSPS) is 19.1. The molecule has 0 atom stereocenters. The highest BCUT2D eigenvalue weighted by Crippen LogP contribution is 2.40. The van der Waals surface area contributed by atoms with Gasteiger partial charge in [0.1, 0.15) is 10.6 Å². The molecule has 0 bridgehead atoms. The minimum absolute atomic E-state index is 0.317. The number of benzene rings is 1. The average molecular weight is 417 g/mol. The minimum Gasteiger partial charge on any atom is -0.462 e. The van der Waals surface area contributed by atoms with Crippen molar-refractivity contribution in [1.82, 2.24) is 5.32 Å². The number of carbonyl (C=O) groups excluding carboxylic acids is 1. The summed E-state index contributed by atoms with van der Waals surface area (Å²) in [5.41, 5.74) is 2.49. The van der Waals surface area contributed by atoms with Crippen LogP contribution in [-0.4, -0.2) is 23.7 Å². The SMILES string of the molecule is CCOC(=O)c1c(NC(=S)NC2CCC(C)CC2)sc(C)c1-c1ccccc1. The molecule has 6 heteroatoms. The van der Waals surface area contributed by atoms with Crippen LogP contribution in [0.2, 0.25) is 0 Å². The molecule has 1 aromatic carbocycles. The molecule has 2 N–H and O–H groups in total. The van der Waals surface area contributed by atoms with E-state index >= 15 is 0 Å². The van der Waals surface area contributed by atoms with Crippen molar-refractivity contribution in [3.8, 4) is 11.1 Å². The number of aryl methyl sites for hydroxylation is 1. The minimum atomic E-state index is -0.317. The van der Waals surface area contributed by atoms with E-state index in [1.807, 2.05) is 44.2 Å². The Hall–Kier alpha value is -1.92. The summed E-state index contributed by atoms with van der Waals surface area (Å²) < 4.78 is 5.35. The second-order valence-corrected chi connectivity index (χ2v) is 9.01. The summed E-state index contributed by atoms with van der Waals surface area (Å²) in [6.07, 6.45) is 4.72. The molecular formula is C22H28N2O2S2. The summed E-state index contributed by atoms with van der Waals surface area (Å²) in [7, 11) is 0. The van der Waals surface area contributed by atoms with Gasteiger partial charge in [0.2, 0.25) is 0 Å². The third kappa shape index (κ3) is 4.92. The molecule has 1 heterocycles. The standard InChI is InChI=1S/C22H28N2O2S2/c1-4-26-21(25)19-18(16-8-6-5-7-9-16)15(3)28-20(19)24-22(27)23-17-12-10-14(2)11-13-17/h5-9,14,17H,4,10-13H2,1-3H3,(H2,23,24,27). The fourth-order valence-corrected chi connectivity index (χ4v) is 5.11. The number of nitrogens with one attached hydrogen (secondary N) is 2. The number of thiophene rings is 1. The van der Waals surface area contributed by atoms with Crippen LogP contribution < -0.4 is 10.6 Å². The number of carbonyl (C=O) groups is 1. The van der Waals surface area contributed by atoms with Crippen molar-refractivity contribution in [3.05, 3.63) is 40.8 Å². The van der Waals surface area contributed by atoms with E-state index in [1.165, 1.54) is 12.8 Å². The Labute approximate surface area is 176 Å². The zero-order chi connectivity index (χ0) is 20.1. The molecule has 1 fully saturated rings. The highest BCUT2D eigenvalue weighted by Gasteiger charge is 2.25. The quantitative estimate of drug-likeness (QED) is 0.479. The molecule has 0 unspecified atom stereocenters. The summed E-state index contributed by atoms with van der Waals surface area (Å²) in [5, 5.41) is 8.03. The van der Waals surface area contributed by atoms with Crippen molar-refractivity contribution >= 4 is 39.6 Å². The molecule has 0 saturated heterocycles. The van der Waals surface area contributed by atoms with Crippen molar-refractivity contribution in [2.75, 3.05) is 11.9 Å². The molecule has 0 radical (unpaired) electrons. The number of thiocarbonyl (C=S) groups is 1. The smallest absolute Gasteiger partial charge is 0.341 e. The molecule has 0 amide bonds. The Kier molecular flexibility index (Phi) is 7.08. The van der Waals surface area contributed by atoms with Gasteiger partial charge in [0.15, 0.2) is 5.11 Å². The van der Waals surface area contributed by atoms with E-state index in [-0.39, 0.29) is 5.97 Å². The van der Waals surface area contributed by atoms with Gasteiger partial charge < -0.3 is 15.4 Å². The first-order chi connectivity index (χ1) is 13.5. The van der Waals surface area contributed by atoms with Crippen molar-refractivity contribution in [1.29, 1.82) is 0 Å². The molecule has 28 heavy (non-hydrogen) atoms. The Morgan fingerprint density at radius 2 is 1.89 bits per heavy atom. The van der Waals surface area contributed by atoms with Crippen LogP contribution in [0.5, 0.6) is 0 Å². The van der Waals surface area contributed by atoms with Crippen LogP contribution in [0.3, 0.4) is 0 Å². The van der Waals surface area contributed by atoms with Crippen molar-refractivity contribution in [2.45, 2.75) is 52.5 Å². The lowest BCUT2D eigenvalue weighted by Crippen LogP contribution is -2.39. The van der Waals surface area contributed by atoms with Gasteiger partial charge in [0, 0.05) is 16.5 Å². The second-order valence-electron chi connectivity index (χ2n) is 7.38. The summed E-state index contributed by atoms with van der Waals surface area (Å²) in [6, 6.07) is 10.4. The Morgan fingerprint density at radius 3 is 2.54 bits per heavy atom. The Balaban J connectivity index is 1.84. The summed E-state index contributed by atoms with van der Waals surface area (Å²) in [5.74, 6) is 0.478. The average Bonchev–Trinajstić information content (AvgIpc) is 3.00. The molecule has 0 spiro atoms. The zero-order valence-corrected chi connectivity index (χ0v) is 18.3. The van der Waals surface area contributed by atoms with Gasteiger partial charge >= 0.3 is 5.97 Å². The fourth-order valence-electron chi connectivity index (χ4n) is 3.71. The molecule has 150 valence electrons. The number of anilines is 1. The van der Waals surface area contributed by atoms with E-state index in [2.05, 4.69) is 17.6 Å². The lowest BCUT2D eigenvalue weighted by Gasteiger charge is -2.28. The van der Waals surface area contributed by atoms with E-state index in [0.29, 0.717) is 23.3 Å². The molecule has 2 aromatic rings. The predicted octanol–water partition coefficient (Wildman–Crippen LogP) is 5.77. The molecule has 1 aromatic heterocycles. The van der Waals surface area contributed by atoms with Crippen molar-refractivity contribution in [2.24, 2.45) is 5.92 Å². The van der Waals surface area contributed by atoms with Crippen LogP contribution in [0, 0.1) is 12.8 Å². The maximum absolute atomic E-state index is 12.8. The number of hydrogen-bond acceptors (Lipinski definition) is 4. The maximum atomic E-state index is 12.8. The van der Waals surface area contributed by atoms with Crippen molar-refractivity contribution in [3.63, 3.8) is 0 Å². The van der Waals surface area contributed by atoms with E-state index in [9.17, 15) is 4.79 Å². The lowest BCUT2D eigenvalue weighted by molar-refractivity contribution is 0.0529. The van der Waals surface area contributed by atoms with Crippen LogP contribution in [-0.2, 0) is 4.74 Å². The van der Waals surface area contributed by atoms with Crippen LogP contribution in [0.4, 0.5) is 5.00 Å². The van der Waals surface area contributed by atoms with Gasteiger partial charge in [-0.1, -0.05) is 37.3 Å². The highest BCUT2D eigenvalue weighted by molar-refractivity contribution is 7.80. The molecule has 3 rings (SSSR count). The molecule has 1 aliphatic carbocycles. The third-order valence-electron chi connectivity index (χ3n) is 5.20. The predicted molar refractivity (Wildman–Crippen MR) is 121 cm³/mol. The van der Waals surface area contributed by atoms with Gasteiger partial charge in [0.25, 0.3) is 0 Å². The zero-order valence-electron chi connectivity index (χ0n) is 16.7. The monoisotopic (exact) mass is 416 g/mol. The van der Waals surface area contributed by atoms with E-state index in [4.69, 9.17) is 17.0 Å². The van der Waals surface area contributed by atoms with Crippen LogP contribution in [0.1, 0.15) is 54.8 Å². The van der Waals surface area contributed by atoms with Crippen molar-refractivity contribution < 1.29 is 9.53 Å². The number of esters is 1. The van der Waals surface area contributed by atoms with Gasteiger partial charge in [0.05, 0.1) is 6.61 Å². The summed E-state index contributed by atoms with van der Waals surface area (Å²) in [4.78, 5) is 13.8. The topological polar surface area (TPSA) is 50.4 Å². The molecule has 1 saturated carbocycles. The van der Waals surface area contributed by atoms with E-state index in [0.717, 1.165) is 39.8 Å². The molecule has 0 aliphatic heterocycles. The lowest BCUT2D eigenvalue weighted by atomic mass is 9.87. The number of hydrogen-bond donors (Lipinski definition) is 2. The highest BCUT2D eigenvalue weighted by atomic mass is 32.1. The summed E-state index contributed by atoms with van der Waals surface area (Å²) >= 11 is 7.10. The molecular weight excluding hydrogens is 388 g/mol. The van der Waals surface area contributed by atoms with E-state index < -0.39 is 0 Å². The summed E-state index contributed by atoms with van der Waals surface area (Å²) in [6.45, 7) is 6.49. The van der Waals surface area contributed by atoms with Crippen LogP contribution >= 0.6 is 23.6 Å². The van der Waals surface area contributed by atoms with Crippen LogP contribution in [0.25, 0.3) is 11.1 Å². The van der Waals surface area contributed by atoms with E-state index in [1.54, 1.807) is 11.3 Å². The van der Waals surface area contributed by atoms with Crippen LogP contribution in [0.15, 0.2) is 30.3 Å². The first kappa shape index (κ1) is 20.8. The number of rotatable bonds is 5. The first-order valence-corrected chi connectivity index (χ1v) is 11.2. The molecule has 1 aliphatic rings. The Bertz CT molecular complexity index is 825. The van der Waals surface area contributed by atoms with Gasteiger partial charge in [-0.3, -0.25) is 0 Å². The third-order valence-corrected chi connectivity index (χ3v) is 6.44. The number of ether oxygens (including phenoxy) is 1. The van der Waals surface area contributed by atoms with Gasteiger partial charge in [-0.05, 0) is 63.2 Å². The fraction of sp³-hybridized carbons (Fsp3) is 0.455. The Morgan fingerprint density at radius 1 is 1.21 bits per heavy atom. The largest absolute Gasteiger partial charge is 0.462 e. The van der Waals surface area contributed by atoms with Gasteiger partial charge in [-0.15, -0.1) is 11.3 Å².